The molecule has 2 heterocycles. The van der Waals surface area contributed by atoms with Gasteiger partial charge < -0.3 is 9.15 Å². The number of rotatable bonds is 7. The summed E-state index contributed by atoms with van der Waals surface area (Å²) in [5, 5.41) is 10.8. The van der Waals surface area contributed by atoms with Gasteiger partial charge in [-0.25, -0.2) is 8.42 Å². The normalized spacial score (nSPS) is 16.4. The second-order valence-electron chi connectivity index (χ2n) is 7.32. The maximum atomic E-state index is 12.8. The Kier molecular flexibility index (Phi) is 6.56. The van der Waals surface area contributed by atoms with Crippen molar-refractivity contribution in [2.45, 2.75) is 23.8 Å². The van der Waals surface area contributed by atoms with E-state index in [1.165, 1.54) is 35.6 Å². The highest BCUT2D eigenvalue weighted by atomic mass is 35.5. The fourth-order valence-corrected chi connectivity index (χ4v) is 4.61. The third-order valence-electron chi connectivity index (χ3n) is 5.05. The first-order chi connectivity index (χ1) is 15.3. The lowest BCUT2D eigenvalue weighted by Crippen LogP contribution is -2.34. The van der Waals surface area contributed by atoms with Crippen LogP contribution in [-0.4, -0.2) is 55.1 Å². The van der Waals surface area contributed by atoms with Crippen LogP contribution in [0.2, 0.25) is 5.02 Å². The van der Waals surface area contributed by atoms with E-state index >= 15 is 0 Å². The highest BCUT2D eigenvalue weighted by Gasteiger charge is 2.26. The lowest BCUT2D eigenvalue weighted by atomic mass is 10.2. The number of nitrogens with zero attached hydrogens (tertiary/aromatic N) is 3. The first-order valence-corrected chi connectivity index (χ1v) is 11.7. The smallest absolute Gasteiger partial charge is 0.322 e. The maximum Gasteiger partial charge on any atom is 0.322 e. The van der Waals surface area contributed by atoms with Gasteiger partial charge in [0.2, 0.25) is 15.9 Å². The number of hydrogen-bond donors (Lipinski definition) is 1. The van der Waals surface area contributed by atoms with Crippen molar-refractivity contribution >= 4 is 33.5 Å². The highest BCUT2D eigenvalue weighted by molar-refractivity contribution is 7.89. The summed E-state index contributed by atoms with van der Waals surface area (Å²) in [5.74, 6) is -0.277. The topological polar surface area (TPSA) is 115 Å². The molecule has 1 aliphatic heterocycles. The fraction of sp³-hybridized carbons (Fsp3) is 0.286. The van der Waals surface area contributed by atoms with E-state index in [1.54, 1.807) is 24.3 Å². The van der Waals surface area contributed by atoms with E-state index in [2.05, 4.69) is 15.5 Å². The number of nitrogens with one attached hydrogen (secondary N) is 1. The Morgan fingerprint density at radius 2 is 1.88 bits per heavy atom. The van der Waals surface area contributed by atoms with Crippen LogP contribution in [0.1, 0.15) is 23.2 Å². The Balaban J connectivity index is 1.41. The van der Waals surface area contributed by atoms with Crippen LogP contribution in [0.3, 0.4) is 0 Å². The van der Waals surface area contributed by atoms with Crippen molar-refractivity contribution in [3.8, 4) is 11.5 Å². The standard InChI is InChI=1S/C21H21ClN4O5S/c1-26(13-17-3-2-12-30-17)32(28,29)18-10-6-14(7-11-18)19(27)23-21-25-24-20(31-21)15-4-8-16(22)9-5-15/h4-11,17H,2-3,12-13H2,1H3,(H,23,25,27)/t17-/m0/s1. The molecule has 0 aliphatic carbocycles. The Morgan fingerprint density at radius 3 is 2.53 bits per heavy atom. The van der Waals surface area contributed by atoms with Crippen molar-refractivity contribution in [2.24, 2.45) is 0 Å². The minimum absolute atomic E-state index is 0.0760. The first-order valence-electron chi connectivity index (χ1n) is 9.92. The van der Waals surface area contributed by atoms with Gasteiger partial charge in [0.15, 0.2) is 0 Å². The van der Waals surface area contributed by atoms with Gasteiger partial charge in [-0.2, -0.15) is 4.31 Å². The third-order valence-corrected chi connectivity index (χ3v) is 7.14. The van der Waals surface area contributed by atoms with Gasteiger partial charge in [0.25, 0.3) is 5.91 Å². The molecule has 11 heteroatoms. The van der Waals surface area contributed by atoms with Crippen LogP contribution in [-0.2, 0) is 14.8 Å². The molecule has 0 bridgehead atoms. The van der Waals surface area contributed by atoms with Crippen LogP contribution < -0.4 is 5.32 Å². The van der Waals surface area contributed by atoms with E-state index in [0.717, 1.165) is 12.8 Å². The SMILES string of the molecule is CN(C[C@@H]1CCCO1)S(=O)(=O)c1ccc(C(=O)Nc2nnc(-c3ccc(Cl)cc3)o2)cc1. The van der Waals surface area contributed by atoms with Crippen molar-refractivity contribution in [1.82, 2.24) is 14.5 Å². The number of carbonyl (C=O) groups is 1. The van der Waals surface area contributed by atoms with Gasteiger partial charge in [-0.15, -0.1) is 5.10 Å². The van der Waals surface area contributed by atoms with Gasteiger partial charge in [0.1, 0.15) is 0 Å². The summed E-state index contributed by atoms with van der Waals surface area (Å²) in [6, 6.07) is 12.4. The van der Waals surface area contributed by atoms with Crippen LogP contribution in [0.5, 0.6) is 0 Å². The second kappa shape index (κ2) is 9.37. The van der Waals surface area contributed by atoms with E-state index in [-0.39, 0.29) is 35.0 Å². The maximum absolute atomic E-state index is 12.8. The summed E-state index contributed by atoms with van der Waals surface area (Å²) in [5.41, 5.74) is 0.904. The zero-order valence-corrected chi connectivity index (χ0v) is 18.8. The van der Waals surface area contributed by atoms with Gasteiger partial charge >= 0.3 is 6.01 Å². The van der Waals surface area contributed by atoms with Crippen LogP contribution in [0.25, 0.3) is 11.5 Å². The molecule has 4 rings (SSSR count). The average molecular weight is 477 g/mol. The fourth-order valence-electron chi connectivity index (χ4n) is 3.28. The summed E-state index contributed by atoms with van der Waals surface area (Å²) < 4.78 is 37.8. The third kappa shape index (κ3) is 4.99. The molecule has 1 aromatic heterocycles. The Bertz CT molecular complexity index is 1190. The number of halogens is 1. The zero-order valence-electron chi connectivity index (χ0n) is 17.2. The molecule has 0 saturated carbocycles. The molecule has 0 spiro atoms. The van der Waals surface area contributed by atoms with Crippen LogP contribution in [0.15, 0.2) is 57.8 Å². The molecule has 1 N–H and O–H groups in total. The Hall–Kier alpha value is -2.79. The number of ether oxygens (including phenoxy) is 1. The van der Waals surface area contributed by atoms with Gasteiger partial charge in [-0.1, -0.05) is 16.7 Å². The molecule has 2 aromatic carbocycles. The molecule has 1 atom stereocenters. The quantitative estimate of drug-likeness (QED) is 0.555. The largest absolute Gasteiger partial charge is 0.403 e. The van der Waals surface area contributed by atoms with Gasteiger partial charge in [0.05, 0.1) is 11.0 Å². The molecule has 9 nitrogen and oxygen atoms in total. The number of amides is 1. The Morgan fingerprint density at radius 1 is 1.16 bits per heavy atom. The van der Waals surface area contributed by atoms with Crippen LogP contribution in [0, 0.1) is 0 Å². The van der Waals surface area contributed by atoms with E-state index in [9.17, 15) is 13.2 Å². The van der Waals surface area contributed by atoms with Crippen molar-refractivity contribution < 1.29 is 22.4 Å². The summed E-state index contributed by atoms with van der Waals surface area (Å²) in [6.07, 6.45) is 1.69. The number of anilines is 1. The van der Waals surface area contributed by atoms with Gasteiger partial charge in [-0.05, 0) is 61.4 Å². The molecular weight excluding hydrogens is 456 g/mol. The molecule has 1 saturated heterocycles. The predicted molar refractivity (Wildman–Crippen MR) is 118 cm³/mol. The molecular formula is C21H21ClN4O5S. The Labute approximate surface area is 190 Å². The number of carbonyl (C=O) groups excluding carboxylic acids is 1. The average Bonchev–Trinajstić information content (AvgIpc) is 3.46. The second-order valence-corrected chi connectivity index (χ2v) is 9.80. The molecule has 168 valence electrons. The summed E-state index contributed by atoms with van der Waals surface area (Å²) in [4.78, 5) is 12.6. The van der Waals surface area contributed by atoms with E-state index in [4.69, 9.17) is 20.8 Å². The highest BCUT2D eigenvalue weighted by Crippen LogP contribution is 2.23. The van der Waals surface area contributed by atoms with Gasteiger partial charge in [-0.3, -0.25) is 10.1 Å². The molecule has 0 radical (unpaired) electrons. The number of sulfonamides is 1. The van der Waals surface area contributed by atoms with Crippen LogP contribution in [0.4, 0.5) is 6.01 Å². The summed E-state index contributed by atoms with van der Waals surface area (Å²) >= 11 is 5.87. The lowest BCUT2D eigenvalue weighted by Gasteiger charge is -2.20. The molecule has 0 unspecified atom stereocenters. The first kappa shape index (κ1) is 22.4. The van der Waals surface area contributed by atoms with Crippen molar-refractivity contribution in [3.05, 3.63) is 59.1 Å². The molecule has 1 amide bonds. The number of aromatic nitrogens is 2. The lowest BCUT2D eigenvalue weighted by molar-refractivity contribution is 0.0979. The molecule has 1 aliphatic rings. The summed E-state index contributed by atoms with van der Waals surface area (Å²) in [7, 11) is -2.17. The molecule has 32 heavy (non-hydrogen) atoms. The van der Waals surface area contributed by atoms with Crippen molar-refractivity contribution in [1.29, 1.82) is 0 Å². The number of likely N-dealkylation sites (N-methyl/N-ethyl adjacent to an activating group) is 1. The van der Waals surface area contributed by atoms with Gasteiger partial charge in [0, 0.05) is 36.3 Å². The van der Waals surface area contributed by atoms with Crippen molar-refractivity contribution in [3.63, 3.8) is 0 Å². The minimum atomic E-state index is -3.69. The van der Waals surface area contributed by atoms with Crippen molar-refractivity contribution in [2.75, 3.05) is 25.5 Å². The zero-order chi connectivity index (χ0) is 22.7. The number of benzene rings is 2. The predicted octanol–water partition coefficient (Wildman–Crippen LogP) is 3.44. The summed E-state index contributed by atoms with van der Waals surface area (Å²) in [6.45, 7) is 0.946. The van der Waals surface area contributed by atoms with E-state index in [1.807, 2.05) is 0 Å². The monoisotopic (exact) mass is 476 g/mol. The van der Waals surface area contributed by atoms with Crippen LogP contribution >= 0.6 is 11.6 Å². The molecule has 1 fully saturated rings. The van der Waals surface area contributed by atoms with E-state index in [0.29, 0.717) is 17.2 Å². The molecule has 3 aromatic rings. The number of hydrogen-bond acceptors (Lipinski definition) is 7. The minimum Gasteiger partial charge on any atom is -0.403 e. The van der Waals surface area contributed by atoms with E-state index < -0.39 is 15.9 Å².